The van der Waals surface area contributed by atoms with Crippen molar-refractivity contribution in [2.75, 3.05) is 33.2 Å². The first-order valence-corrected chi connectivity index (χ1v) is 9.20. The van der Waals surface area contributed by atoms with Crippen LogP contribution in [0.1, 0.15) is 36.9 Å². The Morgan fingerprint density at radius 1 is 1.48 bits per heavy atom. The third-order valence-electron chi connectivity index (χ3n) is 4.16. The minimum atomic E-state index is 0. The second-order valence-electron chi connectivity index (χ2n) is 5.79. The summed E-state index contributed by atoms with van der Waals surface area (Å²) in [6.07, 6.45) is 4.73. The van der Waals surface area contributed by atoms with E-state index < -0.39 is 0 Å². The Kier molecular flexibility index (Phi) is 10.0. The topological polar surface area (TPSA) is 52.5 Å². The Bertz CT molecular complexity index is 477. The van der Waals surface area contributed by atoms with Crippen LogP contribution in [0.2, 0.25) is 0 Å². The van der Waals surface area contributed by atoms with E-state index in [1.807, 2.05) is 14.0 Å². The standard InChI is InChI=1S/C16H29N5S.HI/c1-4-21-10-6-7-14(21)11-19-16(17-3)18-9-5-8-15-20-13(2)12-22-15;/h12,14H,4-11H2,1-3H3,(H2,17,18,19);1H. The van der Waals surface area contributed by atoms with Gasteiger partial charge in [0, 0.05) is 43.7 Å². The molecule has 0 radical (unpaired) electrons. The van der Waals surface area contributed by atoms with Gasteiger partial charge in [0.05, 0.1) is 5.01 Å². The number of likely N-dealkylation sites (N-methyl/N-ethyl adjacent to an activating group) is 1. The quantitative estimate of drug-likeness (QED) is 0.290. The molecular formula is C16H30IN5S. The fraction of sp³-hybridized carbons (Fsp3) is 0.750. The zero-order valence-electron chi connectivity index (χ0n) is 14.5. The maximum Gasteiger partial charge on any atom is 0.191 e. The summed E-state index contributed by atoms with van der Waals surface area (Å²) in [5.41, 5.74) is 1.13. The zero-order valence-corrected chi connectivity index (χ0v) is 17.6. The number of rotatable bonds is 7. The third kappa shape index (κ3) is 6.93. The van der Waals surface area contributed by atoms with E-state index in [9.17, 15) is 0 Å². The summed E-state index contributed by atoms with van der Waals surface area (Å²) in [7, 11) is 1.84. The van der Waals surface area contributed by atoms with Gasteiger partial charge in [0.25, 0.3) is 0 Å². The molecule has 2 N–H and O–H groups in total. The van der Waals surface area contributed by atoms with E-state index in [-0.39, 0.29) is 24.0 Å². The van der Waals surface area contributed by atoms with Crippen molar-refractivity contribution in [3.8, 4) is 0 Å². The first-order chi connectivity index (χ1) is 10.7. The van der Waals surface area contributed by atoms with Gasteiger partial charge in [-0.15, -0.1) is 35.3 Å². The van der Waals surface area contributed by atoms with Crippen molar-refractivity contribution in [1.82, 2.24) is 20.5 Å². The van der Waals surface area contributed by atoms with Gasteiger partial charge in [-0.25, -0.2) is 4.98 Å². The van der Waals surface area contributed by atoms with Crippen LogP contribution in [-0.4, -0.2) is 55.1 Å². The highest BCUT2D eigenvalue weighted by atomic mass is 127. The smallest absolute Gasteiger partial charge is 0.191 e. The molecule has 132 valence electrons. The lowest BCUT2D eigenvalue weighted by Gasteiger charge is -2.23. The van der Waals surface area contributed by atoms with Crippen molar-refractivity contribution in [2.24, 2.45) is 4.99 Å². The molecule has 5 nitrogen and oxygen atoms in total. The van der Waals surface area contributed by atoms with Crippen LogP contribution in [0, 0.1) is 6.92 Å². The number of hydrogen-bond acceptors (Lipinski definition) is 4. The fourth-order valence-corrected chi connectivity index (χ4v) is 3.76. The summed E-state index contributed by atoms with van der Waals surface area (Å²) >= 11 is 1.75. The molecule has 1 aliphatic rings. The van der Waals surface area contributed by atoms with Crippen molar-refractivity contribution in [2.45, 2.75) is 45.6 Å². The number of nitrogens with zero attached hydrogens (tertiary/aromatic N) is 3. The normalized spacial score (nSPS) is 18.7. The van der Waals surface area contributed by atoms with Crippen LogP contribution in [0.3, 0.4) is 0 Å². The zero-order chi connectivity index (χ0) is 15.8. The Morgan fingerprint density at radius 2 is 2.30 bits per heavy atom. The van der Waals surface area contributed by atoms with Gasteiger partial charge in [-0.1, -0.05) is 6.92 Å². The van der Waals surface area contributed by atoms with Crippen molar-refractivity contribution in [1.29, 1.82) is 0 Å². The summed E-state index contributed by atoms with van der Waals surface area (Å²) in [5, 5.41) is 10.2. The molecule has 0 aliphatic carbocycles. The van der Waals surface area contributed by atoms with Crippen molar-refractivity contribution >= 4 is 41.3 Å². The molecule has 0 saturated carbocycles. The predicted molar refractivity (Wildman–Crippen MR) is 110 cm³/mol. The maximum atomic E-state index is 4.49. The molecular weight excluding hydrogens is 421 g/mol. The van der Waals surface area contributed by atoms with Crippen LogP contribution in [0.4, 0.5) is 0 Å². The number of thiazole rings is 1. The molecule has 23 heavy (non-hydrogen) atoms. The lowest BCUT2D eigenvalue weighted by Crippen LogP contribution is -2.45. The average molecular weight is 451 g/mol. The number of aryl methyl sites for hydroxylation is 2. The highest BCUT2D eigenvalue weighted by Crippen LogP contribution is 2.15. The largest absolute Gasteiger partial charge is 0.356 e. The van der Waals surface area contributed by atoms with E-state index in [1.54, 1.807) is 11.3 Å². The Labute approximate surface area is 161 Å². The van der Waals surface area contributed by atoms with E-state index in [4.69, 9.17) is 0 Å². The van der Waals surface area contributed by atoms with E-state index in [0.717, 1.165) is 44.1 Å². The van der Waals surface area contributed by atoms with Crippen LogP contribution >= 0.6 is 35.3 Å². The van der Waals surface area contributed by atoms with Gasteiger partial charge >= 0.3 is 0 Å². The van der Waals surface area contributed by atoms with E-state index in [2.05, 4.69) is 37.8 Å². The number of hydrogen-bond donors (Lipinski definition) is 2. The molecule has 2 rings (SSSR count). The number of aromatic nitrogens is 1. The fourth-order valence-electron chi connectivity index (χ4n) is 2.94. The van der Waals surface area contributed by atoms with Crippen LogP contribution in [0.25, 0.3) is 0 Å². The molecule has 1 aromatic rings. The summed E-state index contributed by atoms with van der Waals surface area (Å²) in [6, 6.07) is 0.654. The summed E-state index contributed by atoms with van der Waals surface area (Å²) in [4.78, 5) is 11.4. The monoisotopic (exact) mass is 451 g/mol. The van der Waals surface area contributed by atoms with Gasteiger partial charge in [0.1, 0.15) is 0 Å². The van der Waals surface area contributed by atoms with Gasteiger partial charge in [-0.05, 0) is 39.3 Å². The summed E-state index contributed by atoms with van der Waals surface area (Å²) in [5.74, 6) is 0.915. The van der Waals surface area contributed by atoms with Crippen LogP contribution < -0.4 is 10.6 Å². The number of halogens is 1. The Morgan fingerprint density at radius 3 is 2.96 bits per heavy atom. The van der Waals surface area contributed by atoms with Crippen molar-refractivity contribution in [3.05, 3.63) is 16.1 Å². The molecule has 0 aromatic carbocycles. The molecule has 7 heteroatoms. The molecule has 1 aliphatic heterocycles. The van der Waals surface area contributed by atoms with Gasteiger partial charge in [-0.2, -0.15) is 0 Å². The van der Waals surface area contributed by atoms with Crippen molar-refractivity contribution < 1.29 is 0 Å². The van der Waals surface area contributed by atoms with Gasteiger partial charge in [0.15, 0.2) is 5.96 Å². The molecule has 0 bridgehead atoms. The third-order valence-corrected chi connectivity index (χ3v) is 5.19. The van der Waals surface area contributed by atoms with Crippen molar-refractivity contribution in [3.63, 3.8) is 0 Å². The molecule has 0 spiro atoms. The minimum absolute atomic E-state index is 0. The van der Waals surface area contributed by atoms with E-state index in [1.165, 1.54) is 24.4 Å². The molecule has 1 saturated heterocycles. The number of aliphatic imine (C=N–C) groups is 1. The average Bonchev–Trinajstić information content (AvgIpc) is 3.15. The van der Waals surface area contributed by atoms with Gasteiger partial charge in [-0.3, -0.25) is 9.89 Å². The Balaban J connectivity index is 0.00000264. The van der Waals surface area contributed by atoms with E-state index in [0.29, 0.717) is 6.04 Å². The second kappa shape index (κ2) is 11.2. The molecule has 0 amide bonds. The van der Waals surface area contributed by atoms with Crippen LogP contribution in [0.15, 0.2) is 10.4 Å². The molecule has 1 fully saturated rings. The SMILES string of the molecule is CCN1CCCC1CNC(=NC)NCCCc1nc(C)cs1.I. The Hall–Kier alpha value is -0.410. The number of nitrogens with one attached hydrogen (secondary N) is 2. The second-order valence-corrected chi connectivity index (χ2v) is 6.73. The van der Waals surface area contributed by atoms with Crippen LogP contribution in [0.5, 0.6) is 0 Å². The highest BCUT2D eigenvalue weighted by molar-refractivity contribution is 14.0. The van der Waals surface area contributed by atoms with Gasteiger partial charge < -0.3 is 10.6 Å². The molecule has 1 atom stereocenters. The first kappa shape index (κ1) is 20.6. The van der Waals surface area contributed by atoms with Crippen LogP contribution in [-0.2, 0) is 6.42 Å². The lowest BCUT2D eigenvalue weighted by molar-refractivity contribution is 0.267. The highest BCUT2D eigenvalue weighted by Gasteiger charge is 2.22. The molecule has 2 heterocycles. The van der Waals surface area contributed by atoms with E-state index >= 15 is 0 Å². The maximum absolute atomic E-state index is 4.49. The molecule has 1 unspecified atom stereocenters. The number of likely N-dealkylation sites (tertiary alicyclic amines) is 1. The van der Waals surface area contributed by atoms with Gasteiger partial charge in [0.2, 0.25) is 0 Å². The number of guanidine groups is 1. The molecule has 1 aromatic heterocycles. The minimum Gasteiger partial charge on any atom is -0.356 e. The predicted octanol–water partition coefficient (Wildman–Crippen LogP) is 2.65. The first-order valence-electron chi connectivity index (χ1n) is 8.32. The summed E-state index contributed by atoms with van der Waals surface area (Å²) < 4.78 is 0. The summed E-state index contributed by atoms with van der Waals surface area (Å²) in [6.45, 7) is 8.59. The lowest BCUT2D eigenvalue weighted by atomic mass is 10.2.